The molecule has 2 heterocycles. The Bertz CT molecular complexity index is 1070. The molecule has 0 spiro atoms. The van der Waals surface area contributed by atoms with Crippen LogP contribution in [0.1, 0.15) is 18.4 Å². The lowest BCUT2D eigenvalue weighted by atomic mass is 10.1. The molecule has 0 saturated carbocycles. The molecule has 148 valence electrons. The van der Waals surface area contributed by atoms with E-state index < -0.39 is 10.0 Å². The van der Waals surface area contributed by atoms with Crippen molar-refractivity contribution in [3.63, 3.8) is 0 Å². The molecule has 1 N–H and O–H groups in total. The monoisotopic (exact) mass is 406 g/mol. The zero-order valence-corrected chi connectivity index (χ0v) is 16.7. The summed E-state index contributed by atoms with van der Waals surface area (Å²) in [6, 6.07) is 20.3. The van der Waals surface area contributed by atoms with E-state index in [1.807, 2.05) is 54.6 Å². The molecule has 1 aromatic heterocycles. The maximum Gasteiger partial charge on any atom is 0.255 e. The fourth-order valence-electron chi connectivity index (χ4n) is 3.23. The van der Waals surface area contributed by atoms with Crippen LogP contribution >= 0.6 is 0 Å². The van der Waals surface area contributed by atoms with Crippen LogP contribution in [0.2, 0.25) is 0 Å². The largest absolute Gasteiger partial charge is 0.355 e. The van der Waals surface area contributed by atoms with E-state index in [4.69, 9.17) is 0 Å². The molecule has 0 aliphatic carbocycles. The molecular weight excluding hydrogens is 384 g/mol. The second-order valence-corrected chi connectivity index (χ2v) is 8.48. The van der Waals surface area contributed by atoms with E-state index >= 15 is 0 Å². The molecule has 0 unspecified atom stereocenters. The molecule has 4 rings (SSSR count). The first kappa shape index (κ1) is 19.1. The second kappa shape index (κ2) is 8.45. The Labute approximate surface area is 171 Å². The summed E-state index contributed by atoms with van der Waals surface area (Å²) in [5.74, 6) is 0.904. The number of hydrogen-bond acceptors (Lipinski definition) is 5. The molecule has 3 aromatic rings. The van der Waals surface area contributed by atoms with Gasteiger partial charge in [0, 0.05) is 24.3 Å². The first-order valence-corrected chi connectivity index (χ1v) is 11.1. The van der Waals surface area contributed by atoms with Gasteiger partial charge in [-0.1, -0.05) is 42.5 Å². The van der Waals surface area contributed by atoms with Crippen molar-refractivity contribution in [2.75, 3.05) is 22.7 Å². The third-order valence-corrected chi connectivity index (χ3v) is 5.78. The summed E-state index contributed by atoms with van der Waals surface area (Å²) >= 11 is 0. The average Bonchev–Trinajstić information content (AvgIpc) is 3.29. The van der Waals surface area contributed by atoms with Gasteiger partial charge in [0.1, 0.15) is 0 Å². The minimum Gasteiger partial charge on any atom is -0.355 e. The Balaban J connectivity index is 1.43. The predicted octanol–water partition coefficient (Wildman–Crippen LogP) is 4.16. The third-order valence-electron chi connectivity index (χ3n) is 4.76. The highest BCUT2D eigenvalue weighted by Crippen LogP contribution is 2.23. The molecule has 0 atom stereocenters. The quantitative estimate of drug-likeness (QED) is 0.665. The number of nitrogens with zero attached hydrogens (tertiary/aromatic N) is 3. The summed E-state index contributed by atoms with van der Waals surface area (Å²) in [5.41, 5.74) is 2.96. The fraction of sp³-hybridized carbons (Fsp3) is 0.182. The third kappa shape index (κ3) is 5.00. The van der Waals surface area contributed by atoms with Gasteiger partial charge < -0.3 is 4.90 Å². The van der Waals surface area contributed by atoms with Gasteiger partial charge in [0.05, 0.1) is 11.1 Å². The summed E-state index contributed by atoms with van der Waals surface area (Å²) in [5, 5.41) is 9.81. The summed E-state index contributed by atoms with van der Waals surface area (Å²) in [4.78, 5) is 2.23. The highest BCUT2D eigenvalue weighted by molar-refractivity contribution is 7.95. The Morgan fingerprint density at radius 2 is 1.59 bits per heavy atom. The first-order chi connectivity index (χ1) is 14.1. The van der Waals surface area contributed by atoms with Crippen LogP contribution < -0.4 is 9.62 Å². The van der Waals surface area contributed by atoms with E-state index in [2.05, 4.69) is 19.8 Å². The lowest BCUT2D eigenvalue weighted by Gasteiger charge is -2.15. The van der Waals surface area contributed by atoms with Crippen molar-refractivity contribution < 1.29 is 8.42 Å². The highest BCUT2D eigenvalue weighted by atomic mass is 32.2. The number of aromatic nitrogens is 2. The van der Waals surface area contributed by atoms with Crippen molar-refractivity contribution >= 4 is 27.6 Å². The van der Waals surface area contributed by atoms with Gasteiger partial charge in [-0.15, -0.1) is 10.2 Å². The van der Waals surface area contributed by atoms with E-state index in [1.165, 1.54) is 18.2 Å². The molecule has 1 saturated heterocycles. The second-order valence-electron chi connectivity index (χ2n) is 6.91. The molecule has 0 bridgehead atoms. The summed E-state index contributed by atoms with van der Waals surface area (Å²) in [6.45, 7) is 2.06. The minimum absolute atomic E-state index is 0.494. The Hall–Kier alpha value is -3.19. The van der Waals surface area contributed by atoms with Gasteiger partial charge in [0.25, 0.3) is 10.0 Å². The summed E-state index contributed by atoms with van der Waals surface area (Å²) in [7, 11) is -3.59. The zero-order chi connectivity index (χ0) is 20.1. The van der Waals surface area contributed by atoms with Crippen LogP contribution in [0.5, 0.6) is 0 Å². The fourth-order valence-corrected chi connectivity index (χ4v) is 4.10. The Morgan fingerprint density at radius 3 is 2.24 bits per heavy atom. The minimum atomic E-state index is -3.59. The number of anilines is 2. The van der Waals surface area contributed by atoms with Crippen LogP contribution in [0.3, 0.4) is 0 Å². The van der Waals surface area contributed by atoms with Crippen LogP contribution in [0, 0.1) is 0 Å². The van der Waals surface area contributed by atoms with Crippen LogP contribution in [-0.4, -0.2) is 31.7 Å². The number of benzene rings is 2. The molecule has 1 aliphatic rings. The topological polar surface area (TPSA) is 75.2 Å². The van der Waals surface area contributed by atoms with Crippen LogP contribution in [0.15, 0.2) is 72.1 Å². The van der Waals surface area contributed by atoms with E-state index in [1.54, 1.807) is 18.2 Å². The van der Waals surface area contributed by atoms with Crippen molar-refractivity contribution in [1.29, 1.82) is 0 Å². The van der Waals surface area contributed by atoms with Crippen molar-refractivity contribution in [3.05, 3.63) is 77.7 Å². The van der Waals surface area contributed by atoms with Gasteiger partial charge in [0.15, 0.2) is 5.82 Å². The molecule has 0 amide bonds. The maximum absolute atomic E-state index is 12.3. The number of sulfonamides is 1. The van der Waals surface area contributed by atoms with Crippen molar-refractivity contribution in [2.24, 2.45) is 0 Å². The first-order valence-electron chi connectivity index (χ1n) is 9.54. The number of rotatable bonds is 6. The molecule has 2 aromatic carbocycles. The summed E-state index contributed by atoms with van der Waals surface area (Å²) in [6.07, 6.45) is 3.96. The predicted molar refractivity (Wildman–Crippen MR) is 117 cm³/mol. The smallest absolute Gasteiger partial charge is 0.255 e. The van der Waals surface area contributed by atoms with Gasteiger partial charge in [-0.05, 0) is 48.7 Å². The normalized spacial score (nSPS) is 14.4. The lowest BCUT2D eigenvalue weighted by molar-refractivity contribution is 0.609. The van der Waals surface area contributed by atoms with E-state index in [0.717, 1.165) is 35.7 Å². The molecule has 1 aliphatic heterocycles. The van der Waals surface area contributed by atoms with Crippen molar-refractivity contribution in [1.82, 2.24) is 10.2 Å². The molecule has 29 heavy (non-hydrogen) atoms. The molecule has 1 fully saturated rings. The van der Waals surface area contributed by atoms with Crippen LogP contribution in [0.25, 0.3) is 17.3 Å². The van der Waals surface area contributed by atoms with Gasteiger partial charge >= 0.3 is 0 Å². The Morgan fingerprint density at radius 1 is 0.862 bits per heavy atom. The lowest BCUT2D eigenvalue weighted by Crippen LogP contribution is -2.19. The summed E-state index contributed by atoms with van der Waals surface area (Å²) < 4.78 is 27.1. The van der Waals surface area contributed by atoms with Gasteiger partial charge in [-0.3, -0.25) is 4.72 Å². The zero-order valence-electron chi connectivity index (χ0n) is 15.9. The standard InChI is InChI=1S/C22H22N4O2S/c27-29(28,17-14-18-6-2-1-3-7-18)25-20-10-8-19(9-11-20)21-12-13-22(24-23-21)26-15-4-5-16-26/h1-3,6-14,17,25H,4-5,15-16H2/b17-14+. The maximum atomic E-state index is 12.3. The highest BCUT2D eigenvalue weighted by Gasteiger charge is 2.14. The van der Waals surface area contributed by atoms with Crippen LogP contribution in [0.4, 0.5) is 11.5 Å². The molecule has 6 nitrogen and oxygen atoms in total. The van der Waals surface area contributed by atoms with Crippen LogP contribution in [-0.2, 0) is 10.0 Å². The van der Waals surface area contributed by atoms with E-state index in [-0.39, 0.29) is 0 Å². The number of hydrogen-bond donors (Lipinski definition) is 1. The van der Waals surface area contributed by atoms with Gasteiger partial charge in [0.2, 0.25) is 0 Å². The van der Waals surface area contributed by atoms with Crippen molar-refractivity contribution in [2.45, 2.75) is 12.8 Å². The van der Waals surface area contributed by atoms with Gasteiger partial charge in [-0.2, -0.15) is 0 Å². The van der Waals surface area contributed by atoms with Crippen molar-refractivity contribution in [3.8, 4) is 11.3 Å². The van der Waals surface area contributed by atoms with E-state index in [9.17, 15) is 8.42 Å². The molecular formula is C22H22N4O2S. The van der Waals surface area contributed by atoms with Gasteiger partial charge in [-0.25, -0.2) is 8.42 Å². The Kier molecular flexibility index (Phi) is 5.57. The average molecular weight is 407 g/mol. The SMILES string of the molecule is O=S(=O)(/C=C/c1ccccc1)Nc1ccc(-c2ccc(N3CCCC3)nn2)cc1. The molecule has 7 heteroatoms. The number of nitrogens with one attached hydrogen (secondary N) is 1. The van der Waals surface area contributed by atoms with E-state index in [0.29, 0.717) is 5.69 Å². The molecule has 0 radical (unpaired) electrons.